The highest BCUT2D eigenvalue weighted by Crippen LogP contribution is 2.49. The third-order valence-electron chi connectivity index (χ3n) is 5.86. The molecule has 0 saturated carbocycles. The summed E-state index contributed by atoms with van der Waals surface area (Å²) < 4.78 is 9.18. The molecular formula is C26H14BrNS3. The number of benzene rings is 3. The SMILES string of the molecule is Brc1csc2c1sc1c(-c3ccc4c(c3)c3ccccc3n4-c3ccccc3)csc12. The predicted molar refractivity (Wildman–Crippen MR) is 143 cm³/mol. The molecule has 7 rings (SSSR count). The van der Waals surface area contributed by atoms with Gasteiger partial charge in [-0.2, -0.15) is 0 Å². The van der Waals surface area contributed by atoms with Gasteiger partial charge in [-0.3, -0.25) is 0 Å². The lowest BCUT2D eigenvalue weighted by atomic mass is 10.0. The Morgan fingerprint density at radius 3 is 2.29 bits per heavy atom. The molecule has 148 valence electrons. The van der Waals surface area contributed by atoms with Crippen molar-refractivity contribution in [2.24, 2.45) is 0 Å². The Balaban J connectivity index is 1.52. The van der Waals surface area contributed by atoms with Gasteiger partial charge in [0.05, 0.1) is 29.8 Å². The van der Waals surface area contributed by atoms with Gasteiger partial charge in [-0.15, -0.1) is 34.0 Å². The lowest BCUT2D eigenvalue weighted by Crippen LogP contribution is -1.92. The minimum absolute atomic E-state index is 1.20. The highest BCUT2D eigenvalue weighted by Gasteiger charge is 2.18. The fourth-order valence-electron chi connectivity index (χ4n) is 4.48. The predicted octanol–water partition coefficient (Wildman–Crippen LogP) is 9.70. The Bertz CT molecular complexity index is 1750. The van der Waals surface area contributed by atoms with Gasteiger partial charge in [-0.1, -0.05) is 42.5 Å². The molecule has 4 aromatic heterocycles. The molecule has 0 atom stereocenters. The fourth-order valence-corrected chi connectivity index (χ4v) is 9.16. The summed E-state index contributed by atoms with van der Waals surface area (Å²) in [7, 11) is 0. The second-order valence-electron chi connectivity index (χ2n) is 7.57. The van der Waals surface area contributed by atoms with Crippen LogP contribution in [0.5, 0.6) is 0 Å². The quantitative estimate of drug-likeness (QED) is 0.216. The van der Waals surface area contributed by atoms with Crippen molar-refractivity contribution in [3.8, 4) is 16.8 Å². The smallest absolute Gasteiger partial charge is 0.0641 e. The van der Waals surface area contributed by atoms with Crippen LogP contribution in [-0.4, -0.2) is 4.57 Å². The van der Waals surface area contributed by atoms with Crippen LogP contribution >= 0.6 is 49.9 Å². The van der Waals surface area contributed by atoms with Crippen LogP contribution in [0.15, 0.2) is 88.0 Å². The van der Waals surface area contributed by atoms with E-state index in [1.54, 1.807) is 0 Å². The van der Waals surface area contributed by atoms with Crippen molar-refractivity contribution >= 4 is 90.5 Å². The van der Waals surface area contributed by atoms with Crippen LogP contribution in [0.3, 0.4) is 0 Å². The number of para-hydroxylation sites is 2. The van der Waals surface area contributed by atoms with Gasteiger partial charge >= 0.3 is 0 Å². The molecule has 0 aliphatic carbocycles. The molecule has 0 N–H and O–H groups in total. The van der Waals surface area contributed by atoms with E-state index in [0.717, 1.165) is 0 Å². The summed E-state index contributed by atoms with van der Waals surface area (Å²) in [6.45, 7) is 0. The highest BCUT2D eigenvalue weighted by atomic mass is 79.9. The zero-order valence-electron chi connectivity index (χ0n) is 16.1. The molecule has 0 aliphatic rings. The van der Waals surface area contributed by atoms with Gasteiger partial charge in [-0.25, -0.2) is 0 Å². The molecule has 0 aliphatic heterocycles. The van der Waals surface area contributed by atoms with Gasteiger partial charge in [0.15, 0.2) is 0 Å². The molecule has 0 fully saturated rings. The van der Waals surface area contributed by atoms with Gasteiger partial charge in [0.1, 0.15) is 0 Å². The van der Waals surface area contributed by atoms with E-state index in [9.17, 15) is 0 Å². The first-order valence-corrected chi connectivity index (χ1v) is 13.3. The molecule has 4 heterocycles. The molecule has 0 unspecified atom stereocenters. The van der Waals surface area contributed by atoms with Crippen molar-refractivity contribution in [2.75, 3.05) is 0 Å². The van der Waals surface area contributed by atoms with Crippen LogP contribution in [0.25, 0.3) is 57.4 Å². The van der Waals surface area contributed by atoms with Crippen molar-refractivity contribution in [1.82, 2.24) is 4.57 Å². The molecule has 0 spiro atoms. The molecular weight excluding hydrogens is 502 g/mol. The van der Waals surface area contributed by atoms with Crippen LogP contribution in [0.4, 0.5) is 0 Å². The Morgan fingerprint density at radius 1 is 0.645 bits per heavy atom. The van der Waals surface area contributed by atoms with E-state index in [-0.39, 0.29) is 0 Å². The lowest BCUT2D eigenvalue weighted by molar-refractivity contribution is 1.18. The highest BCUT2D eigenvalue weighted by molar-refractivity contribution is 9.10. The van der Waals surface area contributed by atoms with Gasteiger partial charge in [0.2, 0.25) is 0 Å². The number of nitrogens with zero attached hydrogens (tertiary/aromatic N) is 1. The summed E-state index contributed by atoms with van der Waals surface area (Å²) in [5.74, 6) is 0. The first kappa shape index (κ1) is 18.2. The molecule has 0 saturated heterocycles. The van der Waals surface area contributed by atoms with Crippen molar-refractivity contribution in [1.29, 1.82) is 0 Å². The Labute approximate surface area is 198 Å². The number of hydrogen-bond acceptors (Lipinski definition) is 3. The van der Waals surface area contributed by atoms with E-state index in [4.69, 9.17) is 0 Å². The minimum atomic E-state index is 1.20. The molecule has 3 aromatic carbocycles. The Hall–Kier alpha value is -2.44. The van der Waals surface area contributed by atoms with Gasteiger partial charge in [0, 0.05) is 37.3 Å². The van der Waals surface area contributed by atoms with Gasteiger partial charge in [0.25, 0.3) is 0 Å². The maximum atomic E-state index is 3.72. The van der Waals surface area contributed by atoms with E-state index in [0.29, 0.717) is 0 Å². The molecule has 1 nitrogen and oxygen atoms in total. The number of fused-ring (bicyclic) bond motifs is 6. The topological polar surface area (TPSA) is 4.93 Å². The van der Waals surface area contributed by atoms with Crippen LogP contribution in [-0.2, 0) is 0 Å². The summed E-state index contributed by atoms with van der Waals surface area (Å²) in [5, 5.41) is 7.12. The maximum absolute atomic E-state index is 3.72. The zero-order valence-corrected chi connectivity index (χ0v) is 20.2. The largest absolute Gasteiger partial charge is 0.309 e. The second kappa shape index (κ2) is 6.78. The third kappa shape index (κ3) is 2.58. The zero-order chi connectivity index (χ0) is 20.5. The molecule has 0 bridgehead atoms. The fraction of sp³-hybridized carbons (Fsp3) is 0. The number of halogens is 1. The molecule has 7 aromatic rings. The van der Waals surface area contributed by atoms with E-state index < -0.39 is 0 Å². The first-order chi connectivity index (χ1) is 15.3. The standard InChI is InChI=1S/C26H14BrNS3/c27-20-14-30-26-24(20)31-23-19(13-29-25(23)26)15-10-11-22-18(12-15)17-8-4-5-9-21(17)28(22)16-6-2-1-3-7-16/h1-14H. The normalized spacial score (nSPS) is 12.0. The van der Waals surface area contributed by atoms with Crippen LogP contribution in [0.2, 0.25) is 0 Å². The monoisotopic (exact) mass is 515 g/mol. The molecule has 31 heavy (non-hydrogen) atoms. The first-order valence-electron chi connectivity index (χ1n) is 9.95. The number of aromatic nitrogens is 1. The minimum Gasteiger partial charge on any atom is -0.309 e. The second-order valence-corrected chi connectivity index (χ2v) is 11.2. The van der Waals surface area contributed by atoms with Crippen LogP contribution in [0.1, 0.15) is 0 Å². The van der Waals surface area contributed by atoms with Crippen LogP contribution in [0, 0.1) is 0 Å². The van der Waals surface area contributed by atoms with E-state index in [1.165, 1.54) is 61.9 Å². The molecule has 0 amide bonds. The lowest BCUT2D eigenvalue weighted by Gasteiger charge is -2.07. The van der Waals surface area contributed by atoms with E-state index in [2.05, 4.69) is 104 Å². The Kier molecular flexibility index (Phi) is 3.97. The van der Waals surface area contributed by atoms with E-state index in [1.807, 2.05) is 34.0 Å². The summed E-state index contributed by atoms with van der Waals surface area (Å²) in [6, 6.07) is 26.3. The average molecular weight is 517 g/mol. The number of rotatable bonds is 2. The number of hydrogen-bond donors (Lipinski definition) is 0. The third-order valence-corrected chi connectivity index (χ3v) is 10.7. The summed E-state index contributed by atoms with van der Waals surface area (Å²) >= 11 is 9.32. The van der Waals surface area contributed by atoms with Gasteiger partial charge < -0.3 is 4.57 Å². The summed E-state index contributed by atoms with van der Waals surface area (Å²) in [5.41, 5.74) is 6.33. The van der Waals surface area contributed by atoms with Crippen molar-refractivity contribution in [2.45, 2.75) is 0 Å². The summed E-state index contributed by atoms with van der Waals surface area (Å²) in [6.07, 6.45) is 0. The molecule has 5 heteroatoms. The van der Waals surface area contributed by atoms with Crippen molar-refractivity contribution < 1.29 is 0 Å². The number of thiophene rings is 3. The van der Waals surface area contributed by atoms with Crippen molar-refractivity contribution in [3.63, 3.8) is 0 Å². The van der Waals surface area contributed by atoms with Crippen LogP contribution < -0.4 is 0 Å². The van der Waals surface area contributed by atoms with Gasteiger partial charge in [-0.05, 0) is 51.8 Å². The van der Waals surface area contributed by atoms with Crippen molar-refractivity contribution in [3.05, 3.63) is 88.0 Å². The van der Waals surface area contributed by atoms with E-state index >= 15 is 0 Å². The Morgan fingerprint density at radius 2 is 1.39 bits per heavy atom. The summed E-state index contributed by atoms with van der Waals surface area (Å²) in [4.78, 5) is 0. The average Bonchev–Trinajstić information content (AvgIpc) is 3.54. The molecule has 0 radical (unpaired) electrons. The maximum Gasteiger partial charge on any atom is 0.0641 e.